The zero-order valence-electron chi connectivity index (χ0n) is 14.0. The number of esters is 1. The molecule has 26 heavy (non-hydrogen) atoms. The maximum absolute atomic E-state index is 14.4. The maximum Gasteiger partial charge on any atom is 0.343 e. The van der Waals surface area contributed by atoms with Crippen LogP contribution in [0.2, 0.25) is 0 Å². The van der Waals surface area contributed by atoms with Crippen molar-refractivity contribution in [1.29, 1.82) is 0 Å². The van der Waals surface area contributed by atoms with Gasteiger partial charge in [0, 0.05) is 12.3 Å². The SMILES string of the molecule is COC(=O)c1cccn(-c2ccc(OCc3ccccc3)c(F)c2)c1=O. The normalized spacial score (nSPS) is 10.4. The molecule has 0 saturated carbocycles. The van der Waals surface area contributed by atoms with E-state index in [9.17, 15) is 14.0 Å². The van der Waals surface area contributed by atoms with Gasteiger partial charge in [-0.1, -0.05) is 30.3 Å². The molecule has 0 unspecified atom stereocenters. The minimum atomic E-state index is -0.743. The quantitative estimate of drug-likeness (QED) is 0.660. The zero-order valence-corrected chi connectivity index (χ0v) is 14.0. The number of hydrogen-bond donors (Lipinski definition) is 0. The molecule has 0 amide bonds. The molecule has 3 aromatic rings. The van der Waals surface area contributed by atoms with Crippen molar-refractivity contribution in [2.75, 3.05) is 7.11 Å². The van der Waals surface area contributed by atoms with E-state index in [1.807, 2.05) is 30.3 Å². The van der Waals surface area contributed by atoms with Crippen LogP contribution in [0.4, 0.5) is 4.39 Å². The van der Waals surface area contributed by atoms with E-state index in [0.717, 1.165) is 5.56 Å². The number of rotatable bonds is 5. The van der Waals surface area contributed by atoms with Crippen LogP contribution in [0.3, 0.4) is 0 Å². The molecule has 0 aliphatic heterocycles. The van der Waals surface area contributed by atoms with Crippen LogP contribution in [-0.4, -0.2) is 17.6 Å². The molecule has 1 aromatic heterocycles. The Balaban J connectivity index is 1.86. The third kappa shape index (κ3) is 3.64. The van der Waals surface area contributed by atoms with E-state index >= 15 is 0 Å². The Morgan fingerprint density at radius 3 is 2.54 bits per heavy atom. The molecular weight excluding hydrogens is 337 g/mol. The van der Waals surface area contributed by atoms with Gasteiger partial charge in [-0.2, -0.15) is 0 Å². The van der Waals surface area contributed by atoms with Gasteiger partial charge in [0.25, 0.3) is 5.56 Å². The lowest BCUT2D eigenvalue weighted by atomic mass is 10.2. The lowest BCUT2D eigenvalue weighted by Gasteiger charge is -2.11. The lowest BCUT2D eigenvalue weighted by molar-refractivity contribution is 0.0598. The number of halogens is 1. The number of nitrogens with zero attached hydrogens (tertiary/aromatic N) is 1. The molecule has 0 saturated heterocycles. The van der Waals surface area contributed by atoms with Crippen LogP contribution in [0.25, 0.3) is 5.69 Å². The molecule has 0 spiro atoms. The number of aromatic nitrogens is 1. The molecule has 0 fully saturated rings. The molecule has 0 atom stereocenters. The highest BCUT2D eigenvalue weighted by Gasteiger charge is 2.14. The molecule has 1 heterocycles. The monoisotopic (exact) mass is 353 g/mol. The Labute approximate surface area is 149 Å². The first-order valence-corrected chi connectivity index (χ1v) is 7.87. The Kier molecular flexibility index (Phi) is 5.12. The van der Waals surface area contributed by atoms with Gasteiger partial charge in [-0.25, -0.2) is 9.18 Å². The summed E-state index contributed by atoms with van der Waals surface area (Å²) in [5, 5.41) is 0. The Morgan fingerprint density at radius 2 is 1.85 bits per heavy atom. The Hall–Kier alpha value is -3.41. The number of ether oxygens (including phenoxy) is 2. The molecule has 0 bridgehead atoms. The summed E-state index contributed by atoms with van der Waals surface area (Å²) in [5.74, 6) is -1.27. The highest BCUT2D eigenvalue weighted by Crippen LogP contribution is 2.21. The number of hydrogen-bond acceptors (Lipinski definition) is 4. The van der Waals surface area contributed by atoms with Crippen LogP contribution in [0.15, 0.2) is 71.7 Å². The van der Waals surface area contributed by atoms with E-state index in [4.69, 9.17) is 4.74 Å². The number of carbonyl (C=O) groups is 1. The van der Waals surface area contributed by atoms with E-state index < -0.39 is 17.3 Å². The largest absolute Gasteiger partial charge is 0.486 e. The molecule has 0 radical (unpaired) electrons. The summed E-state index contributed by atoms with van der Waals surface area (Å²) < 4.78 is 25.6. The second-order valence-electron chi connectivity index (χ2n) is 5.48. The number of pyridine rings is 1. The molecule has 2 aromatic carbocycles. The summed E-state index contributed by atoms with van der Waals surface area (Å²) in [6.45, 7) is 0.231. The van der Waals surface area contributed by atoms with E-state index in [0.29, 0.717) is 0 Å². The van der Waals surface area contributed by atoms with Crippen molar-refractivity contribution in [3.05, 3.63) is 94.2 Å². The van der Waals surface area contributed by atoms with E-state index in [1.54, 1.807) is 6.07 Å². The molecule has 0 aliphatic carbocycles. The highest BCUT2D eigenvalue weighted by molar-refractivity contribution is 5.88. The van der Waals surface area contributed by atoms with Gasteiger partial charge in [0.15, 0.2) is 11.6 Å². The summed E-state index contributed by atoms with van der Waals surface area (Å²) in [6.07, 6.45) is 1.45. The van der Waals surface area contributed by atoms with Crippen molar-refractivity contribution in [3.8, 4) is 11.4 Å². The number of benzene rings is 2. The van der Waals surface area contributed by atoms with Crippen LogP contribution in [0.1, 0.15) is 15.9 Å². The van der Waals surface area contributed by atoms with Gasteiger partial charge in [0.2, 0.25) is 0 Å². The fourth-order valence-electron chi connectivity index (χ4n) is 2.45. The third-order valence-corrected chi connectivity index (χ3v) is 3.78. The summed E-state index contributed by atoms with van der Waals surface area (Å²) >= 11 is 0. The molecule has 3 rings (SSSR count). The molecular formula is C20H16FNO4. The molecule has 5 nitrogen and oxygen atoms in total. The number of carbonyl (C=O) groups excluding carboxylic acids is 1. The summed E-state index contributed by atoms with van der Waals surface area (Å²) in [7, 11) is 1.19. The van der Waals surface area contributed by atoms with Crippen molar-refractivity contribution in [2.24, 2.45) is 0 Å². The second kappa shape index (κ2) is 7.65. The highest BCUT2D eigenvalue weighted by atomic mass is 19.1. The minimum Gasteiger partial charge on any atom is -0.486 e. The molecule has 0 aliphatic rings. The van der Waals surface area contributed by atoms with E-state index in [2.05, 4.69) is 4.74 Å². The Morgan fingerprint density at radius 1 is 1.08 bits per heavy atom. The van der Waals surface area contributed by atoms with Gasteiger partial charge in [-0.15, -0.1) is 0 Å². The van der Waals surface area contributed by atoms with Crippen molar-refractivity contribution in [1.82, 2.24) is 4.57 Å². The molecule has 6 heteroatoms. The molecule has 132 valence electrons. The Bertz CT molecular complexity index is 983. The zero-order chi connectivity index (χ0) is 18.5. The van der Waals surface area contributed by atoms with Gasteiger partial charge in [0.1, 0.15) is 12.2 Å². The topological polar surface area (TPSA) is 57.5 Å². The smallest absolute Gasteiger partial charge is 0.343 e. The second-order valence-corrected chi connectivity index (χ2v) is 5.48. The average Bonchev–Trinajstić information content (AvgIpc) is 2.67. The van der Waals surface area contributed by atoms with Gasteiger partial charge < -0.3 is 9.47 Å². The van der Waals surface area contributed by atoms with Crippen molar-refractivity contribution >= 4 is 5.97 Å². The third-order valence-electron chi connectivity index (χ3n) is 3.78. The van der Waals surface area contributed by atoms with E-state index in [-0.39, 0.29) is 23.6 Å². The van der Waals surface area contributed by atoms with Gasteiger partial charge >= 0.3 is 5.97 Å². The average molecular weight is 353 g/mol. The summed E-state index contributed by atoms with van der Waals surface area (Å²) in [5.41, 5.74) is 0.486. The fourth-order valence-corrected chi connectivity index (χ4v) is 2.45. The van der Waals surface area contributed by atoms with Gasteiger partial charge in [-0.3, -0.25) is 9.36 Å². The van der Waals surface area contributed by atoms with Crippen LogP contribution in [0, 0.1) is 5.82 Å². The summed E-state index contributed by atoms with van der Waals surface area (Å²) in [6, 6.07) is 16.5. The molecule has 0 N–H and O–H groups in total. The van der Waals surface area contributed by atoms with Gasteiger partial charge in [-0.05, 0) is 29.8 Å². The first-order chi connectivity index (χ1) is 12.6. The van der Waals surface area contributed by atoms with Crippen LogP contribution in [-0.2, 0) is 11.3 Å². The first kappa shape index (κ1) is 17.4. The van der Waals surface area contributed by atoms with Crippen LogP contribution in [0.5, 0.6) is 5.75 Å². The van der Waals surface area contributed by atoms with E-state index in [1.165, 1.54) is 42.1 Å². The van der Waals surface area contributed by atoms with Crippen molar-refractivity contribution in [3.63, 3.8) is 0 Å². The minimum absolute atomic E-state index is 0.0785. The van der Waals surface area contributed by atoms with Gasteiger partial charge in [0.05, 0.1) is 12.8 Å². The number of methoxy groups -OCH3 is 1. The van der Waals surface area contributed by atoms with Crippen molar-refractivity contribution in [2.45, 2.75) is 6.61 Å². The lowest BCUT2D eigenvalue weighted by Crippen LogP contribution is -2.25. The van der Waals surface area contributed by atoms with Crippen LogP contribution >= 0.6 is 0 Å². The predicted molar refractivity (Wildman–Crippen MR) is 94.1 cm³/mol. The summed E-state index contributed by atoms with van der Waals surface area (Å²) in [4.78, 5) is 24.0. The van der Waals surface area contributed by atoms with Crippen molar-refractivity contribution < 1.29 is 18.7 Å². The first-order valence-electron chi connectivity index (χ1n) is 7.87. The maximum atomic E-state index is 14.4. The van der Waals surface area contributed by atoms with Crippen LogP contribution < -0.4 is 10.3 Å². The fraction of sp³-hybridized carbons (Fsp3) is 0.100. The predicted octanol–water partition coefficient (Wildman–Crippen LogP) is 3.34. The standard InChI is InChI=1S/C20H16FNO4/c1-25-20(24)16-8-5-11-22(19(16)23)15-9-10-18(17(21)12-15)26-13-14-6-3-2-4-7-14/h2-12H,13H2,1H3.